The second kappa shape index (κ2) is 3.18. The molecule has 0 bridgehead atoms. The third kappa shape index (κ3) is 1.77. The number of nitrogens with zero attached hydrogens (tertiary/aromatic N) is 3. The number of hydrogen-bond acceptors (Lipinski definition) is 5. The lowest BCUT2D eigenvalue weighted by Crippen LogP contribution is -2.29. The fraction of sp³-hybridized carbons (Fsp3) is 0.500. The topological polar surface area (TPSA) is 84.4 Å². The molecule has 5 heteroatoms. The van der Waals surface area contributed by atoms with Crippen molar-refractivity contribution in [1.82, 2.24) is 9.97 Å². The van der Waals surface area contributed by atoms with Crippen molar-refractivity contribution in [2.24, 2.45) is 10.6 Å². The van der Waals surface area contributed by atoms with E-state index in [-0.39, 0.29) is 11.4 Å². The summed E-state index contributed by atoms with van der Waals surface area (Å²) in [4.78, 5) is 8.10. The van der Waals surface area contributed by atoms with Gasteiger partial charge in [-0.15, -0.1) is 0 Å². The van der Waals surface area contributed by atoms with E-state index in [1.807, 2.05) is 0 Å². The molecule has 0 radical (unpaired) electrons. The van der Waals surface area contributed by atoms with Crippen molar-refractivity contribution in [2.75, 3.05) is 5.73 Å². The molecule has 0 fully saturated rings. The van der Waals surface area contributed by atoms with Gasteiger partial charge in [0.1, 0.15) is 0 Å². The Labute approximate surface area is 88.0 Å². The van der Waals surface area contributed by atoms with Gasteiger partial charge in [0.25, 0.3) is 0 Å². The van der Waals surface area contributed by atoms with Gasteiger partial charge >= 0.3 is 0 Å². The minimum atomic E-state index is 0.0509. The Hall–Kier alpha value is -1.65. The summed E-state index contributed by atoms with van der Waals surface area (Å²) in [6.07, 6.45) is 3.18. The summed E-state index contributed by atoms with van der Waals surface area (Å²) >= 11 is 0. The largest absolute Gasteiger partial charge is 0.411 e. The quantitative estimate of drug-likeness (QED) is 0.493. The van der Waals surface area contributed by atoms with Gasteiger partial charge in [0.05, 0.1) is 11.4 Å². The first-order valence-electron chi connectivity index (χ1n) is 4.84. The average molecular weight is 206 g/mol. The van der Waals surface area contributed by atoms with E-state index >= 15 is 0 Å². The monoisotopic (exact) mass is 206 g/mol. The van der Waals surface area contributed by atoms with Gasteiger partial charge in [-0.3, -0.25) is 0 Å². The van der Waals surface area contributed by atoms with Crippen LogP contribution in [0.5, 0.6) is 0 Å². The molecule has 80 valence electrons. The number of fused-ring (bicyclic) bond motifs is 1. The van der Waals surface area contributed by atoms with E-state index in [4.69, 9.17) is 10.9 Å². The summed E-state index contributed by atoms with van der Waals surface area (Å²) in [5.74, 6) is 0.267. The van der Waals surface area contributed by atoms with E-state index < -0.39 is 0 Å². The van der Waals surface area contributed by atoms with Crippen LogP contribution in [0.4, 0.5) is 5.95 Å². The minimum absolute atomic E-state index is 0.0509. The second-order valence-corrected chi connectivity index (χ2v) is 4.65. The molecule has 1 heterocycles. The summed E-state index contributed by atoms with van der Waals surface area (Å²) < 4.78 is 0. The third-order valence-electron chi connectivity index (χ3n) is 2.61. The highest BCUT2D eigenvalue weighted by atomic mass is 16.4. The number of anilines is 1. The van der Waals surface area contributed by atoms with Gasteiger partial charge < -0.3 is 10.9 Å². The standard InChI is InChI=1S/C10H14N4O/c1-10(2)3-7-6(8(4-10)14-15)5-12-9(11)13-7/h5,15H,3-4H2,1-2H3,(H2,11,12,13)/b14-8-. The Morgan fingerprint density at radius 3 is 2.87 bits per heavy atom. The molecule has 0 atom stereocenters. The molecule has 0 aromatic carbocycles. The summed E-state index contributed by atoms with van der Waals surface area (Å²) in [5.41, 5.74) is 7.90. The first kappa shape index (κ1) is 9.89. The van der Waals surface area contributed by atoms with Crippen LogP contribution in [0.3, 0.4) is 0 Å². The zero-order chi connectivity index (χ0) is 11.1. The Morgan fingerprint density at radius 2 is 2.20 bits per heavy atom. The van der Waals surface area contributed by atoms with Crippen molar-refractivity contribution in [3.8, 4) is 0 Å². The van der Waals surface area contributed by atoms with E-state index in [2.05, 4.69) is 29.0 Å². The smallest absolute Gasteiger partial charge is 0.220 e. The fourth-order valence-electron chi connectivity index (χ4n) is 1.96. The third-order valence-corrected chi connectivity index (χ3v) is 2.61. The number of rotatable bonds is 0. The van der Waals surface area contributed by atoms with Gasteiger partial charge in [-0.05, 0) is 18.3 Å². The molecule has 0 unspecified atom stereocenters. The van der Waals surface area contributed by atoms with E-state index in [0.29, 0.717) is 5.71 Å². The van der Waals surface area contributed by atoms with Crippen molar-refractivity contribution in [3.63, 3.8) is 0 Å². The molecule has 0 saturated carbocycles. The van der Waals surface area contributed by atoms with Crippen LogP contribution < -0.4 is 5.73 Å². The highest BCUT2D eigenvalue weighted by molar-refractivity contribution is 6.02. The fourth-order valence-corrected chi connectivity index (χ4v) is 1.96. The molecule has 0 saturated heterocycles. The van der Waals surface area contributed by atoms with Crippen LogP contribution in [0.25, 0.3) is 0 Å². The predicted octanol–water partition coefficient (Wildman–Crippen LogP) is 1.21. The van der Waals surface area contributed by atoms with Gasteiger partial charge in [-0.2, -0.15) is 0 Å². The first-order valence-corrected chi connectivity index (χ1v) is 4.84. The Balaban J connectivity index is 2.54. The zero-order valence-electron chi connectivity index (χ0n) is 8.86. The molecule has 0 spiro atoms. The number of oxime groups is 1. The molecule has 0 amide bonds. The van der Waals surface area contributed by atoms with Crippen LogP contribution in [-0.4, -0.2) is 20.9 Å². The number of hydrogen-bond donors (Lipinski definition) is 2. The highest BCUT2D eigenvalue weighted by Gasteiger charge is 2.31. The van der Waals surface area contributed by atoms with Gasteiger partial charge in [0.2, 0.25) is 5.95 Å². The first-order chi connectivity index (χ1) is 7.02. The van der Waals surface area contributed by atoms with Crippen LogP contribution in [0.1, 0.15) is 31.5 Å². The average Bonchev–Trinajstić information content (AvgIpc) is 2.14. The van der Waals surface area contributed by atoms with E-state index in [1.165, 1.54) is 0 Å². The molecule has 5 nitrogen and oxygen atoms in total. The summed E-state index contributed by atoms with van der Waals surface area (Å²) in [6, 6.07) is 0. The molecule has 1 aromatic rings. The minimum Gasteiger partial charge on any atom is -0.411 e. The van der Waals surface area contributed by atoms with Crippen LogP contribution in [0.15, 0.2) is 11.4 Å². The van der Waals surface area contributed by atoms with E-state index in [9.17, 15) is 0 Å². The molecular weight excluding hydrogens is 192 g/mol. The summed E-state index contributed by atoms with van der Waals surface area (Å²) in [5, 5.41) is 12.3. The van der Waals surface area contributed by atoms with Gasteiger partial charge in [-0.25, -0.2) is 9.97 Å². The summed E-state index contributed by atoms with van der Waals surface area (Å²) in [6.45, 7) is 4.22. The maximum Gasteiger partial charge on any atom is 0.220 e. The molecule has 3 N–H and O–H groups in total. The molecular formula is C10H14N4O. The van der Waals surface area contributed by atoms with Gasteiger partial charge in [-0.1, -0.05) is 19.0 Å². The van der Waals surface area contributed by atoms with Crippen molar-refractivity contribution in [1.29, 1.82) is 0 Å². The Morgan fingerprint density at radius 1 is 1.47 bits per heavy atom. The van der Waals surface area contributed by atoms with Gasteiger partial charge in [0.15, 0.2) is 0 Å². The molecule has 1 aliphatic carbocycles. The molecule has 15 heavy (non-hydrogen) atoms. The molecule has 0 aliphatic heterocycles. The van der Waals surface area contributed by atoms with Crippen molar-refractivity contribution in [2.45, 2.75) is 26.7 Å². The Bertz CT molecular complexity index is 425. The van der Waals surface area contributed by atoms with Crippen LogP contribution >= 0.6 is 0 Å². The number of nitrogen functional groups attached to an aromatic ring is 1. The SMILES string of the molecule is CC1(C)C/C(=N/O)c2cnc(N)nc2C1. The number of nitrogens with two attached hydrogens (primary N) is 1. The predicted molar refractivity (Wildman–Crippen MR) is 56.9 cm³/mol. The Kier molecular flexibility index (Phi) is 2.10. The van der Waals surface area contributed by atoms with Crippen molar-refractivity contribution >= 4 is 11.7 Å². The highest BCUT2D eigenvalue weighted by Crippen LogP contribution is 2.33. The van der Waals surface area contributed by atoms with E-state index in [0.717, 1.165) is 24.1 Å². The lowest BCUT2D eigenvalue weighted by atomic mass is 9.76. The van der Waals surface area contributed by atoms with Crippen LogP contribution in [0.2, 0.25) is 0 Å². The van der Waals surface area contributed by atoms with E-state index in [1.54, 1.807) is 6.20 Å². The zero-order valence-corrected chi connectivity index (χ0v) is 8.86. The maximum absolute atomic E-state index is 8.94. The van der Waals surface area contributed by atoms with Crippen LogP contribution in [-0.2, 0) is 6.42 Å². The van der Waals surface area contributed by atoms with Crippen molar-refractivity contribution in [3.05, 3.63) is 17.5 Å². The number of aromatic nitrogens is 2. The molecule has 1 aliphatic rings. The maximum atomic E-state index is 8.94. The van der Waals surface area contributed by atoms with Crippen LogP contribution in [0, 0.1) is 5.41 Å². The normalized spacial score (nSPS) is 21.3. The van der Waals surface area contributed by atoms with Crippen molar-refractivity contribution < 1.29 is 5.21 Å². The second-order valence-electron chi connectivity index (χ2n) is 4.65. The lowest BCUT2D eigenvalue weighted by Gasteiger charge is -2.30. The lowest BCUT2D eigenvalue weighted by molar-refractivity contribution is 0.305. The molecule has 2 rings (SSSR count). The summed E-state index contributed by atoms with van der Waals surface area (Å²) in [7, 11) is 0. The van der Waals surface area contributed by atoms with Gasteiger partial charge in [0, 0.05) is 11.8 Å². The molecule has 1 aromatic heterocycles.